The highest BCUT2D eigenvalue weighted by Crippen LogP contribution is 2.40. The van der Waals surface area contributed by atoms with Crippen LogP contribution in [-0.4, -0.2) is 32.1 Å². The van der Waals surface area contributed by atoms with E-state index in [4.69, 9.17) is 18.6 Å². The van der Waals surface area contributed by atoms with Gasteiger partial charge in [-0.25, -0.2) is 0 Å². The molecule has 1 heterocycles. The van der Waals surface area contributed by atoms with Crippen LogP contribution in [0.3, 0.4) is 0 Å². The number of carbonyl (C=O) groups is 1. The summed E-state index contributed by atoms with van der Waals surface area (Å²) in [4.78, 5) is 17.0. The normalized spacial score (nSPS) is 11.0. The molecule has 7 heteroatoms. The number of ether oxygens (including phenoxy) is 3. The number of hydrogen-bond acceptors (Lipinski definition) is 7. The number of nitrogens with zero attached hydrogens (tertiary/aromatic N) is 1. The van der Waals surface area contributed by atoms with Crippen molar-refractivity contribution in [3.05, 3.63) is 77.9 Å². The van der Waals surface area contributed by atoms with Crippen LogP contribution in [0.15, 0.2) is 71.2 Å². The number of ketones is 1. The van der Waals surface area contributed by atoms with Crippen LogP contribution in [-0.2, 0) is 0 Å². The summed E-state index contributed by atoms with van der Waals surface area (Å²) < 4.78 is 21.8. The van der Waals surface area contributed by atoms with E-state index in [0.29, 0.717) is 40.0 Å². The van der Waals surface area contributed by atoms with Gasteiger partial charge in [-0.1, -0.05) is 12.1 Å². The maximum atomic E-state index is 12.6. The lowest BCUT2D eigenvalue weighted by Crippen LogP contribution is -1.98. The Labute approximate surface area is 185 Å². The van der Waals surface area contributed by atoms with Gasteiger partial charge in [0.2, 0.25) is 5.75 Å². The van der Waals surface area contributed by atoms with Crippen LogP contribution in [0.4, 0.5) is 11.7 Å². The Morgan fingerprint density at radius 2 is 1.66 bits per heavy atom. The van der Waals surface area contributed by atoms with Crippen LogP contribution in [0.5, 0.6) is 17.2 Å². The highest BCUT2D eigenvalue weighted by atomic mass is 16.5. The lowest BCUT2D eigenvalue weighted by Gasteiger charge is -2.13. The van der Waals surface area contributed by atoms with Crippen molar-refractivity contribution in [2.45, 2.75) is 0 Å². The Morgan fingerprint density at radius 3 is 2.34 bits per heavy atom. The molecule has 0 aliphatic heterocycles. The van der Waals surface area contributed by atoms with Gasteiger partial charge in [0.15, 0.2) is 22.9 Å². The molecule has 3 aromatic carbocycles. The molecule has 0 saturated heterocycles. The van der Waals surface area contributed by atoms with Crippen LogP contribution in [0, 0.1) is 0 Å². The number of anilines is 2. The molecule has 0 amide bonds. The molecule has 0 atom stereocenters. The quantitative estimate of drug-likeness (QED) is 0.292. The Hall–Kier alpha value is -4.26. The van der Waals surface area contributed by atoms with Crippen LogP contribution in [0.1, 0.15) is 15.9 Å². The Morgan fingerprint density at radius 1 is 0.906 bits per heavy atom. The van der Waals surface area contributed by atoms with E-state index in [9.17, 15) is 4.79 Å². The SMILES string of the molecule is COc1ccc(/C=C/C(=O)c2ccc(Nc3nc4ccccc4o3)cc2)c(OC)c1OC. The second-order valence-electron chi connectivity index (χ2n) is 6.81. The summed E-state index contributed by atoms with van der Waals surface area (Å²) in [6.45, 7) is 0. The predicted molar refractivity (Wildman–Crippen MR) is 123 cm³/mol. The zero-order chi connectivity index (χ0) is 22.5. The number of carbonyl (C=O) groups excluding carboxylic acids is 1. The third-order valence-electron chi connectivity index (χ3n) is 4.86. The number of hydrogen-bond donors (Lipinski definition) is 1. The summed E-state index contributed by atoms with van der Waals surface area (Å²) in [6.07, 6.45) is 3.18. The first kappa shape index (κ1) is 21.0. The third kappa shape index (κ3) is 4.27. The van der Waals surface area contributed by atoms with E-state index in [1.165, 1.54) is 13.2 Å². The number of allylic oxidation sites excluding steroid dienone is 1. The van der Waals surface area contributed by atoms with Gasteiger partial charge in [0.1, 0.15) is 5.52 Å². The Balaban J connectivity index is 1.49. The monoisotopic (exact) mass is 430 g/mol. The molecule has 0 unspecified atom stereocenters. The second kappa shape index (κ2) is 9.26. The Bertz CT molecular complexity index is 1240. The molecule has 0 saturated carbocycles. The number of rotatable bonds is 8. The van der Waals surface area contributed by atoms with Gasteiger partial charge < -0.3 is 23.9 Å². The first-order chi connectivity index (χ1) is 15.6. The first-order valence-electron chi connectivity index (χ1n) is 9.87. The smallest absolute Gasteiger partial charge is 0.300 e. The topological polar surface area (TPSA) is 82.8 Å². The molecule has 1 N–H and O–H groups in total. The summed E-state index contributed by atoms with van der Waals surface area (Å²) in [6, 6.07) is 18.6. The lowest BCUT2D eigenvalue weighted by molar-refractivity contribution is 0.104. The van der Waals surface area contributed by atoms with Crippen molar-refractivity contribution in [3.63, 3.8) is 0 Å². The molecule has 0 aliphatic carbocycles. The van der Waals surface area contributed by atoms with Crippen molar-refractivity contribution in [1.82, 2.24) is 4.98 Å². The van der Waals surface area contributed by atoms with Crippen molar-refractivity contribution in [2.75, 3.05) is 26.6 Å². The third-order valence-corrected chi connectivity index (χ3v) is 4.86. The summed E-state index contributed by atoms with van der Waals surface area (Å²) in [5.41, 5.74) is 3.49. The number of fused-ring (bicyclic) bond motifs is 1. The van der Waals surface area contributed by atoms with Gasteiger partial charge >= 0.3 is 0 Å². The van der Waals surface area contributed by atoms with Gasteiger partial charge in [-0.3, -0.25) is 4.79 Å². The van der Waals surface area contributed by atoms with E-state index in [-0.39, 0.29) is 5.78 Å². The Kier molecular flexibility index (Phi) is 6.07. The van der Waals surface area contributed by atoms with E-state index in [0.717, 1.165) is 11.2 Å². The minimum absolute atomic E-state index is 0.143. The summed E-state index contributed by atoms with van der Waals surface area (Å²) in [5, 5.41) is 3.11. The molecule has 0 bridgehead atoms. The fourth-order valence-electron chi connectivity index (χ4n) is 3.28. The second-order valence-corrected chi connectivity index (χ2v) is 6.81. The summed E-state index contributed by atoms with van der Waals surface area (Å²) >= 11 is 0. The average molecular weight is 430 g/mol. The van der Waals surface area contributed by atoms with Gasteiger partial charge in [0.05, 0.1) is 21.3 Å². The highest BCUT2D eigenvalue weighted by molar-refractivity contribution is 6.07. The molecule has 0 aliphatic rings. The first-order valence-corrected chi connectivity index (χ1v) is 9.87. The molecular formula is C25H22N2O5. The molecule has 1 aromatic heterocycles. The van der Waals surface area contributed by atoms with Crippen LogP contribution < -0.4 is 19.5 Å². The number of oxazole rings is 1. The molecule has 0 fully saturated rings. The average Bonchev–Trinajstić information content (AvgIpc) is 3.24. The number of para-hydroxylation sites is 2. The molecular weight excluding hydrogens is 408 g/mol. The fraction of sp³-hybridized carbons (Fsp3) is 0.120. The van der Waals surface area contributed by atoms with Crippen molar-refractivity contribution in [2.24, 2.45) is 0 Å². The molecule has 4 rings (SSSR count). The number of benzene rings is 3. The van der Waals surface area contributed by atoms with Crippen LogP contribution >= 0.6 is 0 Å². The largest absolute Gasteiger partial charge is 0.493 e. The minimum Gasteiger partial charge on any atom is -0.493 e. The van der Waals surface area contributed by atoms with E-state index >= 15 is 0 Å². The van der Waals surface area contributed by atoms with Crippen LogP contribution in [0.25, 0.3) is 17.2 Å². The molecule has 0 spiro atoms. The number of nitrogens with one attached hydrogen (secondary N) is 1. The van der Waals surface area contributed by atoms with E-state index in [1.807, 2.05) is 24.3 Å². The van der Waals surface area contributed by atoms with Gasteiger partial charge in [-0.05, 0) is 60.7 Å². The maximum absolute atomic E-state index is 12.6. The van der Waals surface area contributed by atoms with Gasteiger partial charge in [-0.15, -0.1) is 0 Å². The zero-order valence-electron chi connectivity index (χ0n) is 17.9. The van der Waals surface area contributed by atoms with Crippen molar-refractivity contribution >= 4 is 34.7 Å². The van der Waals surface area contributed by atoms with Gasteiger partial charge in [0.25, 0.3) is 6.01 Å². The van der Waals surface area contributed by atoms with E-state index in [1.54, 1.807) is 56.7 Å². The van der Waals surface area contributed by atoms with Crippen LogP contribution in [0.2, 0.25) is 0 Å². The zero-order valence-corrected chi connectivity index (χ0v) is 17.9. The van der Waals surface area contributed by atoms with Crippen molar-refractivity contribution in [3.8, 4) is 17.2 Å². The predicted octanol–water partition coefficient (Wildman–Crippen LogP) is 5.49. The molecule has 7 nitrogen and oxygen atoms in total. The number of aromatic nitrogens is 1. The molecule has 0 radical (unpaired) electrons. The summed E-state index contributed by atoms with van der Waals surface area (Å²) in [5.74, 6) is 1.37. The van der Waals surface area contributed by atoms with E-state index in [2.05, 4.69) is 10.3 Å². The highest BCUT2D eigenvalue weighted by Gasteiger charge is 2.14. The van der Waals surface area contributed by atoms with Gasteiger partial charge in [0, 0.05) is 16.8 Å². The van der Waals surface area contributed by atoms with Crippen molar-refractivity contribution in [1.29, 1.82) is 0 Å². The molecule has 4 aromatic rings. The summed E-state index contributed by atoms with van der Waals surface area (Å²) in [7, 11) is 4.63. The van der Waals surface area contributed by atoms with Gasteiger partial charge in [-0.2, -0.15) is 4.98 Å². The fourth-order valence-corrected chi connectivity index (χ4v) is 3.28. The number of methoxy groups -OCH3 is 3. The standard InChI is InChI=1S/C25H22N2O5/c1-29-22-15-11-17(23(30-2)24(22)31-3)10-14-20(28)16-8-12-18(13-9-16)26-25-27-19-6-4-5-7-21(19)32-25/h4-15H,1-3H3,(H,26,27)/b14-10+. The van der Waals surface area contributed by atoms with Crippen molar-refractivity contribution < 1.29 is 23.4 Å². The van der Waals surface area contributed by atoms with E-state index < -0.39 is 0 Å². The lowest BCUT2D eigenvalue weighted by atomic mass is 10.1. The molecule has 162 valence electrons. The minimum atomic E-state index is -0.143. The molecule has 32 heavy (non-hydrogen) atoms. The maximum Gasteiger partial charge on any atom is 0.300 e.